The van der Waals surface area contributed by atoms with Crippen molar-refractivity contribution < 1.29 is 17.5 Å². The number of hydrogen-bond donors (Lipinski definition) is 1. The first-order valence-electron chi connectivity index (χ1n) is 5.36. The summed E-state index contributed by atoms with van der Waals surface area (Å²) < 4.78 is 43.6. The number of ether oxygens (including phenoxy) is 1. The van der Waals surface area contributed by atoms with E-state index in [-0.39, 0.29) is 23.2 Å². The number of halogens is 1. The Morgan fingerprint density at radius 3 is 2.56 bits per heavy atom. The maximum atomic E-state index is 13.5. The average Bonchev–Trinajstić information content (AvgIpc) is 2.36. The fraction of sp³-hybridized carbons (Fsp3) is 0.455. The van der Waals surface area contributed by atoms with E-state index in [0.717, 1.165) is 10.4 Å². The van der Waals surface area contributed by atoms with E-state index in [9.17, 15) is 12.8 Å². The molecule has 0 bridgehead atoms. The van der Waals surface area contributed by atoms with Gasteiger partial charge in [-0.1, -0.05) is 0 Å². The maximum Gasteiger partial charge on any atom is 0.243 e. The zero-order chi connectivity index (χ0) is 13.9. The quantitative estimate of drug-likeness (QED) is 0.863. The first kappa shape index (κ1) is 14.9. The molecular formula is C11H17FN2O3S. The molecule has 0 aromatic heterocycles. The van der Waals surface area contributed by atoms with E-state index in [4.69, 9.17) is 10.5 Å². The van der Waals surface area contributed by atoms with Gasteiger partial charge in [-0.15, -0.1) is 0 Å². The normalized spacial score (nSPS) is 13.7. The van der Waals surface area contributed by atoms with Crippen LogP contribution in [0.2, 0.25) is 0 Å². The van der Waals surface area contributed by atoms with Crippen LogP contribution in [0.5, 0.6) is 5.75 Å². The Morgan fingerprint density at radius 2 is 2.11 bits per heavy atom. The van der Waals surface area contributed by atoms with E-state index < -0.39 is 15.8 Å². The number of rotatable bonds is 5. The van der Waals surface area contributed by atoms with Gasteiger partial charge in [-0.2, -0.15) is 4.31 Å². The fourth-order valence-electron chi connectivity index (χ4n) is 1.36. The van der Waals surface area contributed by atoms with Crippen molar-refractivity contribution in [1.82, 2.24) is 4.31 Å². The molecule has 0 spiro atoms. The topological polar surface area (TPSA) is 72.6 Å². The first-order valence-corrected chi connectivity index (χ1v) is 6.80. The minimum atomic E-state index is -3.74. The molecule has 2 N–H and O–H groups in total. The van der Waals surface area contributed by atoms with Crippen LogP contribution in [0.15, 0.2) is 23.1 Å². The summed E-state index contributed by atoms with van der Waals surface area (Å²) in [4.78, 5) is -0.122. The number of hydrogen-bond acceptors (Lipinski definition) is 4. The molecule has 7 heteroatoms. The summed E-state index contributed by atoms with van der Waals surface area (Å²) in [6.45, 7) is 1.87. The van der Waals surface area contributed by atoms with Gasteiger partial charge in [0.1, 0.15) is 0 Å². The van der Waals surface area contributed by atoms with Gasteiger partial charge >= 0.3 is 0 Å². The van der Waals surface area contributed by atoms with Crippen molar-refractivity contribution in [3.8, 4) is 5.75 Å². The van der Waals surface area contributed by atoms with Crippen LogP contribution in [-0.4, -0.2) is 39.5 Å². The molecular weight excluding hydrogens is 259 g/mol. The highest BCUT2D eigenvalue weighted by Gasteiger charge is 2.25. The molecule has 5 nitrogen and oxygen atoms in total. The van der Waals surface area contributed by atoms with Crippen molar-refractivity contribution in [3.63, 3.8) is 0 Å². The van der Waals surface area contributed by atoms with Crippen molar-refractivity contribution in [2.24, 2.45) is 5.73 Å². The summed E-state index contributed by atoms with van der Waals surface area (Å²) in [7, 11) is -1.01. The second-order valence-electron chi connectivity index (χ2n) is 3.90. The van der Waals surface area contributed by atoms with E-state index in [1.807, 2.05) is 0 Å². The Hall–Kier alpha value is -1.18. The minimum Gasteiger partial charge on any atom is -0.494 e. The zero-order valence-corrected chi connectivity index (χ0v) is 11.4. The van der Waals surface area contributed by atoms with Crippen molar-refractivity contribution in [3.05, 3.63) is 24.0 Å². The largest absolute Gasteiger partial charge is 0.494 e. The van der Waals surface area contributed by atoms with Gasteiger partial charge in [-0.3, -0.25) is 0 Å². The molecule has 1 unspecified atom stereocenters. The Kier molecular flexibility index (Phi) is 4.66. The minimum absolute atomic E-state index is 0.00322. The monoisotopic (exact) mass is 276 g/mol. The molecule has 1 rings (SSSR count). The van der Waals surface area contributed by atoms with E-state index in [2.05, 4.69) is 0 Å². The summed E-state index contributed by atoms with van der Waals surface area (Å²) in [5.74, 6) is -0.712. The van der Waals surface area contributed by atoms with Crippen LogP contribution >= 0.6 is 0 Å². The second-order valence-corrected chi connectivity index (χ2v) is 5.90. The molecule has 0 radical (unpaired) electrons. The molecule has 1 atom stereocenters. The molecule has 0 aliphatic carbocycles. The zero-order valence-electron chi connectivity index (χ0n) is 10.6. The van der Waals surface area contributed by atoms with Gasteiger partial charge in [0.25, 0.3) is 0 Å². The number of sulfonamides is 1. The molecule has 0 fully saturated rings. The SMILES string of the molecule is COc1ccc(S(=O)(=O)N(C)C(C)CN)cc1F. The smallest absolute Gasteiger partial charge is 0.243 e. The highest BCUT2D eigenvalue weighted by atomic mass is 32.2. The van der Waals surface area contributed by atoms with Crippen molar-refractivity contribution in [1.29, 1.82) is 0 Å². The summed E-state index contributed by atoms with van der Waals surface area (Å²) >= 11 is 0. The number of likely N-dealkylation sites (N-methyl/N-ethyl adjacent to an activating group) is 1. The van der Waals surface area contributed by atoms with Crippen LogP contribution in [0.3, 0.4) is 0 Å². The second kappa shape index (κ2) is 5.64. The van der Waals surface area contributed by atoms with Crippen molar-refractivity contribution in [2.45, 2.75) is 17.9 Å². The Labute approximate surface area is 106 Å². The van der Waals surface area contributed by atoms with Crippen LogP contribution in [0.1, 0.15) is 6.92 Å². The molecule has 0 heterocycles. The van der Waals surface area contributed by atoms with Crippen molar-refractivity contribution in [2.75, 3.05) is 20.7 Å². The first-order chi connectivity index (χ1) is 8.34. The number of nitrogens with zero attached hydrogens (tertiary/aromatic N) is 1. The van der Waals surface area contributed by atoms with Gasteiger partial charge in [0, 0.05) is 19.6 Å². The van der Waals surface area contributed by atoms with Gasteiger partial charge < -0.3 is 10.5 Å². The third-order valence-electron chi connectivity index (χ3n) is 2.76. The van der Waals surface area contributed by atoms with Crippen molar-refractivity contribution >= 4 is 10.0 Å². The average molecular weight is 276 g/mol. The highest BCUT2D eigenvalue weighted by Crippen LogP contribution is 2.23. The van der Waals surface area contributed by atoms with Crippen LogP contribution in [0, 0.1) is 5.82 Å². The summed E-state index contributed by atoms with van der Waals surface area (Å²) in [5.41, 5.74) is 5.42. The third kappa shape index (κ3) is 2.80. The third-order valence-corrected chi connectivity index (χ3v) is 4.73. The molecule has 0 amide bonds. The van der Waals surface area contributed by atoms with Gasteiger partial charge in [0.2, 0.25) is 10.0 Å². The lowest BCUT2D eigenvalue weighted by Gasteiger charge is -2.23. The number of methoxy groups -OCH3 is 1. The van der Waals surface area contributed by atoms with Gasteiger partial charge in [0.15, 0.2) is 11.6 Å². The Balaban J connectivity index is 3.17. The molecule has 0 aliphatic heterocycles. The Morgan fingerprint density at radius 1 is 1.50 bits per heavy atom. The predicted octanol–water partition coefficient (Wildman–Crippen LogP) is 0.802. The molecule has 102 valence electrons. The number of benzene rings is 1. The molecule has 0 saturated carbocycles. The lowest BCUT2D eigenvalue weighted by molar-refractivity contribution is 0.383. The van der Waals surface area contributed by atoms with E-state index in [1.165, 1.54) is 26.3 Å². The number of nitrogens with two attached hydrogens (primary N) is 1. The van der Waals surface area contributed by atoms with E-state index in [1.54, 1.807) is 6.92 Å². The summed E-state index contributed by atoms with van der Waals surface area (Å²) in [6.07, 6.45) is 0. The molecule has 0 aliphatic rings. The van der Waals surface area contributed by atoms with Crippen LogP contribution < -0.4 is 10.5 Å². The molecule has 18 heavy (non-hydrogen) atoms. The van der Waals surface area contributed by atoms with Gasteiger partial charge in [-0.25, -0.2) is 12.8 Å². The highest BCUT2D eigenvalue weighted by molar-refractivity contribution is 7.89. The molecule has 0 saturated heterocycles. The molecule has 1 aromatic rings. The summed E-state index contributed by atoms with van der Waals surface area (Å²) in [5, 5.41) is 0. The van der Waals surface area contributed by atoms with E-state index in [0.29, 0.717) is 0 Å². The van der Waals surface area contributed by atoms with Crippen LogP contribution in [-0.2, 0) is 10.0 Å². The lowest BCUT2D eigenvalue weighted by Crippen LogP contribution is -2.39. The van der Waals surface area contributed by atoms with E-state index >= 15 is 0 Å². The maximum absolute atomic E-state index is 13.5. The van der Waals surface area contributed by atoms with Gasteiger partial charge in [-0.05, 0) is 25.1 Å². The Bertz CT molecular complexity index is 519. The van der Waals surface area contributed by atoms with Crippen LogP contribution in [0.25, 0.3) is 0 Å². The van der Waals surface area contributed by atoms with Crippen LogP contribution in [0.4, 0.5) is 4.39 Å². The van der Waals surface area contributed by atoms with Gasteiger partial charge in [0.05, 0.1) is 12.0 Å². The standard InChI is InChI=1S/C11H17FN2O3S/c1-8(7-13)14(2)18(15,16)9-4-5-11(17-3)10(12)6-9/h4-6,8H,7,13H2,1-3H3. The fourth-order valence-corrected chi connectivity index (χ4v) is 2.74. The lowest BCUT2D eigenvalue weighted by atomic mass is 10.3. The molecule has 1 aromatic carbocycles. The predicted molar refractivity (Wildman–Crippen MR) is 66.4 cm³/mol. The summed E-state index contributed by atoms with van der Waals surface area (Å²) in [6, 6.07) is 3.16.